The number of carbonyl (C=O) groups is 1. The van der Waals surface area contributed by atoms with E-state index in [1.165, 1.54) is 22.5 Å². The quantitative estimate of drug-likeness (QED) is 0.463. The van der Waals surface area contributed by atoms with Crippen LogP contribution < -0.4 is 15.4 Å². The van der Waals surface area contributed by atoms with Crippen molar-refractivity contribution in [1.82, 2.24) is 14.2 Å². The van der Waals surface area contributed by atoms with Crippen LogP contribution >= 0.6 is 0 Å². The van der Waals surface area contributed by atoms with E-state index in [2.05, 4.69) is 6.92 Å². The summed E-state index contributed by atoms with van der Waals surface area (Å²) in [6.45, 7) is 11.8. The third-order valence-electron chi connectivity index (χ3n) is 8.00. The van der Waals surface area contributed by atoms with E-state index in [0.29, 0.717) is 44.0 Å². The average molecular weight is 590 g/mol. The van der Waals surface area contributed by atoms with Crippen molar-refractivity contribution < 1.29 is 22.3 Å². The number of piperidine rings is 1. The van der Waals surface area contributed by atoms with Gasteiger partial charge >= 0.3 is 0 Å². The van der Waals surface area contributed by atoms with Gasteiger partial charge in [-0.1, -0.05) is 20.8 Å². The Morgan fingerprint density at radius 3 is 2.51 bits per heavy atom. The molecule has 4 rings (SSSR count). The van der Waals surface area contributed by atoms with Crippen LogP contribution in [0.5, 0.6) is 5.75 Å². The van der Waals surface area contributed by atoms with E-state index in [9.17, 15) is 17.6 Å². The molecular formula is C30H44FN5O4S. The first-order chi connectivity index (χ1) is 19.1. The average Bonchev–Trinajstić information content (AvgIpc) is 3.17. The van der Waals surface area contributed by atoms with Gasteiger partial charge in [0.25, 0.3) is 5.91 Å². The minimum absolute atomic E-state index is 0.0404. The fraction of sp³-hybridized carbons (Fsp3) is 0.600. The van der Waals surface area contributed by atoms with Gasteiger partial charge in [-0.3, -0.25) is 4.79 Å². The van der Waals surface area contributed by atoms with Gasteiger partial charge in [0, 0.05) is 42.8 Å². The molecule has 226 valence electrons. The molecule has 2 N–H and O–H groups in total. The van der Waals surface area contributed by atoms with Crippen molar-refractivity contribution in [2.45, 2.75) is 70.4 Å². The number of halogens is 1. The van der Waals surface area contributed by atoms with E-state index < -0.39 is 27.3 Å². The summed E-state index contributed by atoms with van der Waals surface area (Å²) in [5, 5.41) is 0. The van der Waals surface area contributed by atoms with Crippen LogP contribution in [0.3, 0.4) is 0 Å². The number of rotatable bonds is 9. The first-order valence-corrected chi connectivity index (χ1v) is 15.8. The van der Waals surface area contributed by atoms with Crippen LogP contribution in [0.15, 0.2) is 29.2 Å². The van der Waals surface area contributed by atoms with Gasteiger partial charge < -0.3 is 20.3 Å². The molecule has 2 aliphatic rings. The van der Waals surface area contributed by atoms with Crippen molar-refractivity contribution >= 4 is 21.7 Å². The smallest absolute Gasteiger partial charge is 0.253 e. The molecular weight excluding hydrogens is 545 g/mol. The summed E-state index contributed by atoms with van der Waals surface area (Å²) in [4.78, 5) is 21.7. The van der Waals surface area contributed by atoms with Crippen LogP contribution in [0.1, 0.15) is 64.2 Å². The molecule has 1 amide bonds. The highest BCUT2D eigenvalue weighted by atomic mass is 32.2. The van der Waals surface area contributed by atoms with Crippen molar-refractivity contribution in [1.29, 1.82) is 0 Å². The van der Waals surface area contributed by atoms with E-state index >= 15 is 0 Å². The number of hydrogen-bond donors (Lipinski definition) is 1. The van der Waals surface area contributed by atoms with Gasteiger partial charge in [0.1, 0.15) is 27.8 Å². The summed E-state index contributed by atoms with van der Waals surface area (Å²) in [7, 11) is -0.308. The number of anilines is 1. The number of aromatic nitrogens is 1. The maximum Gasteiger partial charge on any atom is 0.253 e. The Balaban J connectivity index is 1.95. The van der Waals surface area contributed by atoms with Gasteiger partial charge in [-0.15, -0.1) is 0 Å². The Bertz CT molecular complexity index is 1400. The van der Waals surface area contributed by atoms with Crippen LogP contribution in [0, 0.1) is 17.7 Å². The van der Waals surface area contributed by atoms with Crippen LogP contribution in [0.4, 0.5) is 10.2 Å². The fourth-order valence-electron chi connectivity index (χ4n) is 6.00. The van der Waals surface area contributed by atoms with E-state index in [1.807, 2.05) is 51.6 Å². The molecule has 1 aromatic carbocycles. The number of primary amides is 1. The molecule has 2 aromatic rings. The zero-order valence-electron chi connectivity index (χ0n) is 25.3. The maximum absolute atomic E-state index is 14.8. The summed E-state index contributed by atoms with van der Waals surface area (Å²) in [6, 6.07) is 5.65. The summed E-state index contributed by atoms with van der Waals surface area (Å²) in [5.74, 6) is -0.363. The molecule has 0 bridgehead atoms. The first kappa shape index (κ1) is 31.2. The lowest BCUT2D eigenvalue weighted by molar-refractivity contribution is 0.0997. The highest BCUT2D eigenvalue weighted by Crippen LogP contribution is 2.41. The van der Waals surface area contributed by atoms with Gasteiger partial charge in [-0.25, -0.2) is 17.8 Å². The van der Waals surface area contributed by atoms with Gasteiger partial charge in [0.15, 0.2) is 0 Å². The number of pyridine rings is 1. The Hall–Kier alpha value is -2.76. The highest BCUT2D eigenvalue weighted by molar-refractivity contribution is 7.89. The lowest BCUT2D eigenvalue weighted by atomic mass is 9.97. The molecule has 1 aromatic heterocycles. The fourth-order valence-corrected chi connectivity index (χ4v) is 7.73. The van der Waals surface area contributed by atoms with Crippen molar-refractivity contribution in [3.63, 3.8) is 0 Å². The Morgan fingerprint density at radius 1 is 1.22 bits per heavy atom. The summed E-state index contributed by atoms with van der Waals surface area (Å²) in [6.07, 6.45) is 2.38. The van der Waals surface area contributed by atoms with Crippen LogP contribution in [0.25, 0.3) is 11.3 Å². The number of carbonyl (C=O) groups excluding carboxylic acids is 1. The van der Waals surface area contributed by atoms with E-state index in [0.717, 1.165) is 12.8 Å². The number of amides is 1. The van der Waals surface area contributed by atoms with Gasteiger partial charge in [-0.05, 0) is 77.2 Å². The topological polar surface area (TPSA) is 109 Å². The van der Waals surface area contributed by atoms with Gasteiger partial charge in [0.05, 0.1) is 12.3 Å². The van der Waals surface area contributed by atoms with Gasteiger partial charge in [0.2, 0.25) is 10.0 Å². The Labute approximate surface area is 243 Å². The second-order valence-corrected chi connectivity index (χ2v) is 14.7. The third kappa shape index (κ3) is 6.67. The number of hydrogen-bond acceptors (Lipinski definition) is 7. The SMILES string of the molecule is CC(C)COc1cc(F)cc(-c2cc(S(=O)(=O)N3CCCC(N(C)C)C3)c(C(N)=O)c(N3CC(C)CC3(C)C)n2)c1. The Morgan fingerprint density at radius 2 is 1.93 bits per heavy atom. The standard InChI is InChI=1S/C30H44FN5O4S/c1-19(2)18-40-24-12-21(11-22(31)13-24)25-14-26(41(38,39)35-10-8-9-23(17-35)34(6)7)27(28(32)37)29(33-25)36-16-20(3)15-30(36,4)5/h11-14,19-20,23H,8-10,15-18H2,1-7H3,(H2,32,37). The summed E-state index contributed by atoms with van der Waals surface area (Å²) < 4.78 is 50.7. The number of nitrogens with two attached hydrogens (primary N) is 1. The molecule has 2 fully saturated rings. The second-order valence-electron chi connectivity index (χ2n) is 12.8. The summed E-state index contributed by atoms with van der Waals surface area (Å²) >= 11 is 0. The predicted molar refractivity (Wildman–Crippen MR) is 159 cm³/mol. The van der Waals surface area contributed by atoms with Crippen molar-refractivity contribution in [3.05, 3.63) is 35.6 Å². The molecule has 2 aliphatic heterocycles. The zero-order valence-corrected chi connectivity index (χ0v) is 26.1. The Kier molecular flexibility index (Phi) is 9.01. The third-order valence-corrected chi connectivity index (χ3v) is 9.89. The highest BCUT2D eigenvalue weighted by Gasteiger charge is 2.42. The van der Waals surface area contributed by atoms with Crippen LogP contribution in [-0.2, 0) is 10.0 Å². The normalized spacial score (nSPS) is 21.6. The van der Waals surface area contributed by atoms with Crippen molar-refractivity contribution in [3.8, 4) is 17.0 Å². The lowest BCUT2D eigenvalue weighted by Crippen LogP contribution is -2.48. The second kappa shape index (κ2) is 11.9. The molecule has 9 nitrogen and oxygen atoms in total. The van der Waals surface area contributed by atoms with E-state index in [-0.39, 0.29) is 39.8 Å². The monoisotopic (exact) mass is 589 g/mol. The number of sulfonamides is 1. The molecule has 2 unspecified atom stereocenters. The molecule has 2 atom stereocenters. The number of benzene rings is 1. The van der Waals surface area contributed by atoms with Crippen LogP contribution in [0.2, 0.25) is 0 Å². The number of nitrogens with zero attached hydrogens (tertiary/aromatic N) is 4. The molecule has 0 saturated carbocycles. The molecule has 11 heteroatoms. The molecule has 3 heterocycles. The number of ether oxygens (including phenoxy) is 1. The minimum atomic E-state index is -4.17. The van der Waals surface area contributed by atoms with E-state index in [1.54, 1.807) is 6.07 Å². The minimum Gasteiger partial charge on any atom is -0.493 e. The lowest BCUT2D eigenvalue weighted by Gasteiger charge is -2.37. The van der Waals surface area contributed by atoms with Gasteiger partial charge in [-0.2, -0.15) is 4.31 Å². The maximum atomic E-state index is 14.8. The van der Waals surface area contributed by atoms with Crippen LogP contribution in [-0.4, -0.2) is 80.4 Å². The molecule has 2 saturated heterocycles. The molecule has 41 heavy (non-hydrogen) atoms. The van der Waals surface area contributed by atoms with E-state index in [4.69, 9.17) is 15.5 Å². The predicted octanol–water partition coefficient (Wildman–Crippen LogP) is 4.36. The first-order valence-electron chi connectivity index (χ1n) is 14.3. The summed E-state index contributed by atoms with van der Waals surface area (Å²) in [5.41, 5.74) is 5.98. The zero-order chi connectivity index (χ0) is 30.3. The van der Waals surface area contributed by atoms with Crippen molar-refractivity contribution in [2.75, 3.05) is 45.2 Å². The largest absolute Gasteiger partial charge is 0.493 e. The number of likely N-dealkylation sites (N-methyl/N-ethyl adjacent to an activating group) is 1. The van der Waals surface area contributed by atoms with Crippen molar-refractivity contribution in [2.24, 2.45) is 17.6 Å². The molecule has 0 aliphatic carbocycles. The molecule has 0 radical (unpaired) electrons. The molecule has 0 spiro atoms.